The van der Waals surface area contributed by atoms with Crippen molar-refractivity contribution in [3.05, 3.63) is 45.2 Å². The number of anilines is 1. The van der Waals surface area contributed by atoms with E-state index in [0.29, 0.717) is 39.2 Å². The first-order chi connectivity index (χ1) is 13.1. The van der Waals surface area contributed by atoms with Crippen LogP contribution in [-0.4, -0.2) is 36.6 Å². The van der Waals surface area contributed by atoms with Gasteiger partial charge in [-0.05, 0) is 6.07 Å². The molecule has 0 aliphatic carbocycles. The molecule has 1 aliphatic rings. The Morgan fingerprint density at radius 3 is 2.52 bits per heavy atom. The van der Waals surface area contributed by atoms with Gasteiger partial charge in [-0.25, -0.2) is 0 Å². The maximum absolute atomic E-state index is 12.8. The van der Waals surface area contributed by atoms with Gasteiger partial charge in [0.25, 0.3) is 5.56 Å². The number of benzene rings is 1. The molecule has 2 aromatic heterocycles. The van der Waals surface area contributed by atoms with Crippen LogP contribution in [0, 0.1) is 0 Å². The average molecular weight is 387 g/mol. The zero-order valence-electron chi connectivity index (χ0n) is 14.9. The van der Waals surface area contributed by atoms with Gasteiger partial charge < -0.3 is 19.5 Å². The lowest BCUT2D eigenvalue weighted by atomic mass is 9.86. The van der Waals surface area contributed by atoms with Crippen LogP contribution in [0.3, 0.4) is 0 Å². The molecule has 9 heteroatoms. The number of rotatable bonds is 4. The number of nitrogens with one attached hydrogen (secondary N) is 1. The van der Waals surface area contributed by atoms with Gasteiger partial charge in [0.15, 0.2) is 16.5 Å². The number of thiazole rings is 1. The summed E-state index contributed by atoms with van der Waals surface area (Å²) in [5.41, 5.74) is 0.727. The lowest BCUT2D eigenvalue weighted by Crippen LogP contribution is -2.32. The Balaban J connectivity index is 1.99. The Morgan fingerprint density at radius 2 is 1.81 bits per heavy atom. The van der Waals surface area contributed by atoms with Crippen LogP contribution in [0.5, 0.6) is 17.2 Å². The average Bonchev–Trinajstić information content (AvgIpc) is 3.14. The zero-order valence-corrected chi connectivity index (χ0v) is 15.8. The van der Waals surface area contributed by atoms with E-state index in [0.717, 1.165) is 0 Å². The van der Waals surface area contributed by atoms with Crippen molar-refractivity contribution in [2.24, 2.45) is 0 Å². The predicted molar refractivity (Wildman–Crippen MR) is 101 cm³/mol. The number of hydrogen-bond donors (Lipinski definition) is 1. The number of nitrogens with zero attached hydrogens (tertiary/aromatic N) is 2. The Kier molecular flexibility index (Phi) is 4.23. The van der Waals surface area contributed by atoms with Crippen LogP contribution in [0.1, 0.15) is 23.5 Å². The molecule has 0 fully saturated rings. The lowest BCUT2D eigenvalue weighted by molar-refractivity contribution is -0.116. The molecule has 0 radical (unpaired) electrons. The number of fused-ring (bicyclic) bond motifs is 3. The van der Waals surface area contributed by atoms with Gasteiger partial charge in [0, 0.05) is 35.5 Å². The molecule has 8 nitrogen and oxygen atoms in total. The van der Waals surface area contributed by atoms with Crippen molar-refractivity contribution in [3.63, 3.8) is 0 Å². The summed E-state index contributed by atoms with van der Waals surface area (Å²) in [4.78, 5) is 29.9. The Morgan fingerprint density at radius 1 is 1.11 bits per heavy atom. The first-order valence-corrected chi connectivity index (χ1v) is 9.04. The van der Waals surface area contributed by atoms with Gasteiger partial charge in [0.1, 0.15) is 11.6 Å². The lowest BCUT2D eigenvalue weighted by Gasteiger charge is -2.27. The molecule has 1 aromatic carbocycles. The van der Waals surface area contributed by atoms with Crippen LogP contribution in [0.15, 0.2) is 28.5 Å². The van der Waals surface area contributed by atoms with Crippen LogP contribution in [0.25, 0.3) is 4.96 Å². The standard InChI is InChI=1S/C18H17N3O5S/c1-24-11-8-13(26-3)12(25-2)6-9(11)10-7-14(22)19-16-15(10)17(23)20-18-21(16)4-5-27-18/h4-6,8,10H,7H2,1-3H3,(H,19,22)/t10-/m1/s1. The van der Waals surface area contributed by atoms with Crippen LogP contribution in [0.2, 0.25) is 0 Å². The number of carbonyl (C=O) groups is 1. The summed E-state index contributed by atoms with van der Waals surface area (Å²) < 4.78 is 17.9. The molecule has 1 atom stereocenters. The molecular weight excluding hydrogens is 370 g/mol. The highest BCUT2D eigenvalue weighted by Gasteiger charge is 2.34. The van der Waals surface area contributed by atoms with Gasteiger partial charge in [-0.3, -0.25) is 14.0 Å². The van der Waals surface area contributed by atoms with E-state index in [2.05, 4.69) is 10.3 Å². The molecule has 3 aromatic rings. The molecule has 0 saturated carbocycles. The summed E-state index contributed by atoms with van der Waals surface area (Å²) in [6.45, 7) is 0. The normalized spacial score (nSPS) is 16.0. The maximum Gasteiger partial charge on any atom is 0.279 e. The minimum absolute atomic E-state index is 0.103. The van der Waals surface area contributed by atoms with Crippen molar-refractivity contribution < 1.29 is 19.0 Å². The molecule has 4 rings (SSSR count). The van der Waals surface area contributed by atoms with Gasteiger partial charge in [-0.15, -0.1) is 11.3 Å². The summed E-state index contributed by atoms with van der Waals surface area (Å²) >= 11 is 1.33. The second-order valence-electron chi connectivity index (χ2n) is 5.99. The summed E-state index contributed by atoms with van der Waals surface area (Å²) in [5, 5.41) is 4.63. The minimum atomic E-state index is -0.514. The van der Waals surface area contributed by atoms with Crippen LogP contribution < -0.4 is 25.1 Å². The van der Waals surface area contributed by atoms with Crippen LogP contribution >= 0.6 is 11.3 Å². The van der Waals surface area contributed by atoms with Crippen molar-refractivity contribution in [3.8, 4) is 17.2 Å². The number of hydrogen-bond acceptors (Lipinski definition) is 7. The largest absolute Gasteiger partial charge is 0.496 e. The second kappa shape index (κ2) is 6.58. The Bertz CT molecular complexity index is 1100. The number of methoxy groups -OCH3 is 3. The van der Waals surface area contributed by atoms with Crippen molar-refractivity contribution in [2.75, 3.05) is 26.6 Å². The fraction of sp³-hybridized carbons (Fsp3) is 0.278. The molecule has 1 amide bonds. The second-order valence-corrected chi connectivity index (χ2v) is 6.86. The first-order valence-electron chi connectivity index (χ1n) is 8.17. The third-order valence-electron chi connectivity index (χ3n) is 4.62. The van der Waals surface area contributed by atoms with Crippen LogP contribution in [-0.2, 0) is 4.79 Å². The topological polar surface area (TPSA) is 91.2 Å². The highest BCUT2D eigenvalue weighted by atomic mass is 32.1. The molecule has 1 aliphatic heterocycles. The third kappa shape index (κ3) is 2.71. The first kappa shape index (κ1) is 17.3. The van der Waals surface area contributed by atoms with Gasteiger partial charge in [0.05, 0.1) is 26.9 Å². The third-order valence-corrected chi connectivity index (χ3v) is 5.38. The summed E-state index contributed by atoms with van der Waals surface area (Å²) in [6, 6.07) is 3.43. The van der Waals surface area contributed by atoms with Crippen molar-refractivity contribution >= 4 is 28.0 Å². The van der Waals surface area contributed by atoms with Gasteiger partial charge >= 0.3 is 0 Å². The molecule has 3 heterocycles. The number of ether oxygens (including phenoxy) is 3. The van der Waals surface area contributed by atoms with Crippen molar-refractivity contribution in [2.45, 2.75) is 12.3 Å². The molecule has 0 spiro atoms. The summed E-state index contributed by atoms with van der Waals surface area (Å²) in [6.07, 6.45) is 1.88. The fourth-order valence-corrected chi connectivity index (χ4v) is 4.11. The van der Waals surface area contributed by atoms with Gasteiger partial charge in [-0.2, -0.15) is 4.98 Å². The highest BCUT2D eigenvalue weighted by Crippen LogP contribution is 2.43. The quantitative estimate of drug-likeness (QED) is 0.738. The van der Waals surface area contributed by atoms with Crippen molar-refractivity contribution in [1.82, 2.24) is 9.38 Å². The molecule has 0 saturated heterocycles. The SMILES string of the molecule is COc1cc(OC)c([C@H]2CC(=O)Nc3c2c(=O)nc2sccn32)cc1OC. The Hall–Kier alpha value is -3.07. The van der Waals surface area contributed by atoms with Gasteiger partial charge in [-0.1, -0.05) is 0 Å². The summed E-state index contributed by atoms with van der Waals surface area (Å²) in [5.74, 6) is 1.25. The smallest absolute Gasteiger partial charge is 0.279 e. The minimum Gasteiger partial charge on any atom is -0.496 e. The summed E-state index contributed by atoms with van der Waals surface area (Å²) in [7, 11) is 4.59. The van der Waals surface area contributed by atoms with E-state index in [9.17, 15) is 9.59 Å². The molecule has 0 unspecified atom stereocenters. The molecule has 140 valence electrons. The van der Waals surface area contributed by atoms with E-state index in [1.807, 2.05) is 5.38 Å². The molecule has 27 heavy (non-hydrogen) atoms. The maximum atomic E-state index is 12.8. The van der Waals surface area contributed by atoms with E-state index in [4.69, 9.17) is 14.2 Å². The van der Waals surface area contributed by atoms with E-state index >= 15 is 0 Å². The Labute approximate surface area is 158 Å². The van der Waals surface area contributed by atoms with Crippen molar-refractivity contribution in [1.29, 1.82) is 0 Å². The number of carbonyl (C=O) groups excluding carboxylic acids is 1. The monoisotopic (exact) mass is 387 g/mol. The van der Waals surface area contributed by atoms with E-state index in [1.165, 1.54) is 32.7 Å². The van der Waals surface area contributed by atoms with E-state index < -0.39 is 5.92 Å². The zero-order chi connectivity index (χ0) is 19.1. The number of amides is 1. The van der Waals surface area contributed by atoms with E-state index in [-0.39, 0.29) is 17.9 Å². The molecule has 0 bridgehead atoms. The van der Waals surface area contributed by atoms with Crippen LogP contribution in [0.4, 0.5) is 5.82 Å². The van der Waals surface area contributed by atoms with Gasteiger partial charge in [0.2, 0.25) is 5.91 Å². The number of aromatic nitrogens is 2. The van der Waals surface area contributed by atoms with E-state index in [1.54, 1.807) is 22.7 Å². The predicted octanol–water partition coefficient (Wildman–Crippen LogP) is 2.26. The molecule has 1 N–H and O–H groups in total. The highest BCUT2D eigenvalue weighted by molar-refractivity contribution is 7.15. The fourth-order valence-electron chi connectivity index (χ4n) is 3.40. The molecular formula is C18H17N3O5S.